The van der Waals surface area contributed by atoms with Crippen molar-refractivity contribution in [3.8, 4) is 5.75 Å². The second kappa shape index (κ2) is 5.63. The molecule has 0 saturated carbocycles. The molecule has 0 unspecified atom stereocenters. The van der Waals surface area contributed by atoms with Crippen molar-refractivity contribution in [2.75, 3.05) is 0 Å². The number of halogens is 2. The Balaban J connectivity index is 2.21. The summed E-state index contributed by atoms with van der Waals surface area (Å²) >= 11 is 11.9. The predicted octanol–water partition coefficient (Wildman–Crippen LogP) is 3.43. The molecule has 2 aromatic rings. The molecule has 1 aromatic carbocycles. The third kappa shape index (κ3) is 2.91. The van der Waals surface area contributed by atoms with Gasteiger partial charge in [-0.1, -0.05) is 23.2 Å². The Kier molecular flexibility index (Phi) is 4.12. The second-order valence-electron chi connectivity index (χ2n) is 4.06. The second-order valence-corrected chi connectivity index (χ2v) is 4.87. The van der Waals surface area contributed by atoms with Crippen molar-refractivity contribution in [2.45, 2.75) is 13.5 Å². The van der Waals surface area contributed by atoms with E-state index in [0.717, 1.165) is 11.4 Å². The van der Waals surface area contributed by atoms with Crippen LogP contribution in [0, 0.1) is 6.92 Å². The number of aromatic nitrogens is 2. The molecule has 1 aromatic heterocycles. The Hall–Kier alpha value is -1.52. The molecule has 0 aliphatic heterocycles. The molecular weight excluding hydrogens is 287 g/mol. The van der Waals surface area contributed by atoms with Crippen LogP contribution in [-0.4, -0.2) is 16.1 Å². The van der Waals surface area contributed by atoms with E-state index >= 15 is 0 Å². The van der Waals surface area contributed by atoms with Gasteiger partial charge in [0.2, 0.25) is 0 Å². The Labute approximate surface area is 120 Å². The molecule has 0 bridgehead atoms. The Morgan fingerprint density at radius 1 is 1.42 bits per heavy atom. The van der Waals surface area contributed by atoms with Crippen molar-refractivity contribution in [1.82, 2.24) is 9.78 Å². The highest BCUT2D eigenvalue weighted by Crippen LogP contribution is 2.25. The quantitative estimate of drug-likeness (QED) is 0.812. The lowest BCUT2D eigenvalue weighted by molar-refractivity contribution is 0.111. The van der Waals surface area contributed by atoms with Crippen molar-refractivity contribution in [1.29, 1.82) is 0 Å². The standard InChI is InChI=1S/C13H12Cl2N2O2/c1-8-13(15)11(17(2)16-8)7-19-12-4-3-10(14)5-9(12)6-18/h3-6H,7H2,1-2H3. The molecule has 0 N–H and O–H groups in total. The van der Waals surface area contributed by atoms with Gasteiger partial charge in [0, 0.05) is 12.1 Å². The van der Waals surface area contributed by atoms with Crippen LogP contribution in [-0.2, 0) is 13.7 Å². The Morgan fingerprint density at radius 3 is 2.74 bits per heavy atom. The Morgan fingerprint density at radius 2 is 2.16 bits per heavy atom. The van der Waals surface area contributed by atoms with Crippen LogP contribution in [0.15, 0.2) is 18.2 Å². The van der Waals surface area contributed by atoms with Crippen LogP contribution in [0.3, 0.4) is 0 Å². The van der Waals surface area contributed by atoms with Crippen molar-refractivity contribution >= 4 is 29.5 Å². The van der Waals surface area contributed by atoms with Crippen LogP contribution in [0.2, 0.25) is 10.0 Å². The lowest BCUT2D eigenvalue weighted by Crippen LogP contribution is -2.04. The third-order valence-corrected chi connectivity index (χ3v) is 3.45. The molecule has 1 heterocycles. The van der Waals surface area contributed by atoms with Crippen LogP contribution >= 0.6 is 23.2 Å². The van der Waals surface area contributed by atoms with Gasteiger partial charge in [-0.15, -0.1) is 0 Å². The number of benzene rings is 1. The van der Waals surface area contributed by atoms with Crippen LogP contribution in [0.1, 0.15) is 21.7 Å². The van der Waals surface area contributed by atoms with Gasteiger partial charge in [-0.3, -0.25) is 9.48 Å². The van der Waals surface area contributed by atoms with E-state index in [0.29, 0.717) is 27.6 Å². The van der Waals surface area contributed by atoms with Gasteiger partial charge in [0.15, 0.2) is 6.29 Å². The van der Waals surface area contributed by atoms with Crippen LogP contribution in [0.4, 0.5) is 0 Å². The lowest BCUT2D eigenvalue weighted by atomic mass is 10.2. The fourth-order valence-electron chi connectivity index (χ4n) is 1.73. The van der Waals surface area contributed by atoms with Gasteiger partial charge in [0.25, 0.3) is 0 Å². The molecule has 100 valence electrons. The molecule has 0 radical (unpaired) electrons. The number of nitrogens with zero attached hydrogens (tertiary/aromatic N) is 2. The lowest BCUT2D eigenvalue weighted by Gasteiger charge is -2.09. The van der Waals surface area contributed by atoms with Crippen LogP contribution in [0.25, 0.3) is 0 Å². The van der Waals surface area contributed by atoms with Crippen molar-refractivity contribution < 1.29 is 9.53 Å². The van der Waals surface area contributed by atoms with Crippen LogP contribution in [0.5, 0.6) is 5.75 Å². The minimum absolute atomic E-state index is 0.235. The summed E-state index contributed by atoms with van der Waals surface area (Å²) in [5.74, 6) is 0.467. The molecule has 2 rings (SSSR count). The zero-order chi connectivity index (χ0) is 14.0. The summed E-state index contributed by atoms with van der Waals surface area (Å²) in [5, 5.41) is 5.26. The molecule has 0 amide bonds. The molecule has 0 fully saturated rings. The number of ether oxygens (including phenoxy) is 1. The molecule has 0 atom stereocenters. The molecule has 0 aliphatic rings. The molecule has 0 aliphatic carbocycles. The first kappa shape index (κ1) is 13.9. The van der Waals surface area contributed by atoms with Gasteiger partial charge in [0.1, 0.15) is 12.4 Å². The number of carbonyl (C=O) groups is 1. The molecule has 19 heavy (non-hydrogen) atoms. The first-order valence-corrected chi connectivity index (χ1v) is 6.34. The van der Waals surface area contributed by atoms with E-state index in [9.17, 15) is 4.79 Å². The highest BCUT2D eigenvalue weighted by Gasteiger charge is 2.12. The normalized spacial score (nSPS) is 10.5. The van der Waals surface area contributed by atoms with Gasteiger partial charge in [-0.05, 0) is 25.1 Å². The van der Waals surface area contributed by atoms with Crippen molar-refractivity contribution in [2.24, 2.45) is 7.05 Å². The van der Waals surface area contributed by atoms with Crippen molar-refractivity contribution in [3.63, 3.8) is 0 Å². The summed E-state index contributed by atoms with van der Waals surface area (Å²) in [7, 11) is 1.79. The topological polar surface area (TPSA) is 44.1 Å². The van der Waals surface area contributed by atoms with E-state index in [4.69, 9.17) is 27.9 Å². The summed E-state index contributed by atoms with van der Waals surface area (Å²) in [6.07, 6.45) is 0.706. The van der Waals surface area contributed by atoms with Crippen molar-refractivity contribution in [3.05, 3.63) is 45.2 Å². The molecular formula is C13H12Cl2N2O2. The number of rotatable bonds is 4. The minimum atomic E-state index is 0.235. The summed E-state index contributed by atoms with van der Waals surface area (Å²) in [6.45, 7) is 2.06. The average Bonchev–Trinajstić information content (AvgIpc) is 2.62. The molecule has 6 heteroatoms. The van der Waals surface area contributed by atoms with Gasteiger partial charge in [-0.25, -0.2) is 0 Å². The smallest absolute Gasteiger partial charge is 0.153 e. The third-order valence-electron chi connectivity index (χ3n) is 2.72. The zero-order valence-corrected chi connectivity index (χ0v) is 12.0. The monoisotopic (exact) mass is 298 g/mol. The first-order valence-electron chi connectivity index (χ1n) is 5.58. The fraction of sp³-hybridized carbons (Fsp3) is 0.231. The van der Waals surface area contributed by atoms with E-state index in [1.807, 2.05) is 6.92 Å². The highest BCUT2D eigenvalue weighted by molar-refractivity contribution is 6.32. The zero-order valence-electron chi connectivity index (χ0n) is 10.5. The van der Waals surface area contributed by atoms with Gasteiger partial charge >= 0.3 is 0 Å². The minimum Gasteiger partial charge on any atom is -0.487 e. The van der Waals surface area contributed by atoms with E-state index in [1.54, 1.807) is 29.9 Å². The summed E-state index contributed by atoms with van der Waals surface area (Å²) in [6, 6.07) is 4.88. The number of hydrogen-bond donors (Lipinski definition) is 0. The van der Waals surface area contributed by atoms with E-state index in [2.05, 4.69) is 5.10 Å². The number of aryl methyl sites for hydroxylation is 2. The van der Waals surface area contributed by atoms with Crippen LogP contribution < -0.4 is 4.74 Å². The summed E-state index contributed by atoms with van der Waals surface area (Å²) < 4.78 is 7.27. The van der Waals surface area contributed by atoms with E-state index < -0.39 is 0 Å². The molecule has 4 nitrogen and oxygen atoms in total. The molecule has 0 spiro atoms. The summed E-state index contributed by atoms with van der Waals surface area (Å²) in [5.41, 5.74) is 1.91. The Bertz CT molecular complexity index is 623. The maximum absolute atomic E-state index is 10.9. The first-order chi connectivity index (χ1) is 9.02. The largest absolute Gasteiger partial charge is 0.487 e. The van der Waals surface area contributed by atoms with E-state index in [-0.39, 0.29) is 6.61 Å². The maximum atomic E-state index is 10.9. The number of hydrogen-bond acceptors (Lipinski definition) is 3. The average molecular weight is 299 g/mol. The predicted molar refractivity (Wildman–Crippen MR) is 74.1 cm³/mol. The van der Waals surface area contributed by atoms with Gasteiger partial charge < -0.3 is 4.74 Å². The SMILES string of the molecule is Cc1nn(C)c(COc2ccc(Cl)cc2C=O)c1Cl. The van der Waals surface area contributed by atoms with Gasteiger partial charge in [-0.2, -0.15) is 5.10 Å². The van der Waals surface area contributed by atoms with Gasteiger partial charge in [0.05, 0.1) is 22.0 Å². The number of carbonyl (C=O) groups excluding carboxylic acids is 1. The van der Waals surface area contributed by atoms with E-state index in [1.165, 1.54) is 0 Å². The highest BCUT2D eigenvalue weighted by atomic mass is 35.5. The maximum Gasteiger partial charge on any atom is 0.153 e. The number of aldehydes is 1. The molecule has 0 saturated heterocycles. The fourth-order valence-corrected chi connectivity index (χ4v) is 2.12. The summed E-state index contributed by atoms with van der Waals surface area (Å²) in [4.78, 5) is 10.9.